The van der Waals surface area contributed by atoms with Gasteiger partial charge in [-0.05, 0) is 49.1 Å². The van der Waals surface area contributed by atoms with E-state index >= 15 is 0 Å². The summed E-state index contributed by atoms with van der Waals surface area (Å²) >= 11 is 0. The van der Waals surface area contributed by atoms with E-state index in [0.717, 1.165) is 45.9 Å². The van der Waals surface area contributed by atoms with Crippen LogP contribution in [0.2, 0.25) is 0 Å². The fraction of sp³-hybridized carbons (Fsp3) is 0.211. The Morgan fingerprint density at radius 2 is 1.92 bits per heavy atom. The van der Waals surface area contributed by atoms with E-state index in [9.17, 15) is 4.39 Å². The molecule has 1 aliphatic carbocycles. The van der Waals surface area contributed by atoms with Crippen LogP contribution in [0.15, 0.2) is 42.5 Å². The largest absolute Gasteiger partial charge is 0.277 e. The van der Waals surface area contributed by atoms with Gasteiger partial charge in [0.05, 0.1) is 5.52 Å². The van der Waals surface area contributed by atoms with Crippen LogP contribution in [0.4, 0.5) is 4.39 Å². The smallest absolute Gasteiger partial charge is 0.181 e. The first-order valence-electron chi connectivity index (χ1n) is 8.42. The Bertz CT molecular complexity index is 1060. The molecule has 0 saturated heterocycles. The summed E-state index contributed by atoms with van der Waals surface area (Å²) in [6.45, 7) is 0. The molecule has 1 aliphatic rings. The summed E-state index contributed by atoms with van der Waals surface area (Å²) in [5.74, 6) is 2.11. The molecule has 6 heteroatoms. The van der Waals surface area contributed by atoms with Crippen molar-refractivity contribution >= 4 is 10.9 Å². The minimum atomic E-state index is -0.275. The van der Waals surface area contributed by atoms with Gasteiger partial charge in [0.15, 0.2) is 5.82 Å². The van der Waals surface area contributed by atoms with Crippen molar-refractivity contribution in [2.24, 2.45) is 5.92 Å². The monoisotopic (exact) mass is 333 g/mol. The first kappa shape index (κ1) is 14.3. The third kappa shape index (κ3) is 2.69. The zero-order valence-electron chi connectivity index (χ0n) is 13.5. The average Bonchev–Trinajstić information content (AvgIpc) is 3.15. The van der Waals surface area contributed by atoms with Crippen molar-refractivity contribution in [2.75, 3.05) is 0 Å². The Hall–Kier alpha value is -3.02. The van der Waals surface area contributed by atoms with Crippen LogP contribution in [0, 0.1) is 11.7 Å². The number of aromatic nitrogens is 5. The van der Waals surface area contributed by atoms with Gasteiger partial charge in [-0.15, -0.1) is 0 Å². The Labute approximate surface area is 143 Å². The molecule has 0 aliphatic heterocycles. The fourth-order valence-corrected chi connectivity index (χ4v) is 3.12. The quantitative estimate of drug-likeness (QED) is 0.590. The lowest BCUT2D eigenvalue weighted by atomic mass is 10.1. The predicted molar refractivity (Wildman–Crippen MR) is 93.3 cm³/mol. The van der Waals surface area contributed by atoms with Crippen LogP contribution in [0.1, 0.15) is 18.7 Å². The molecule has 1 saturated carbocycles. The van der Waals surface area contributed by atoms with Crippen LogP contribution >= 0.6 is 0 Å². The van der Waals surface area contributed by atoms with Crippen molar-refractivity contribution in [3.8, 4) is 22.6 Å². The van der Waals surface area contributed by atoms with Crippen LogP contribution in [-0.4, -0.2) is 25.4 Å². The maximum atomic E-state index is 13.6. The molecule has 5 rings (SSSR count). The van der Waals surface area contributed by atoms with E-state index in [2.05, 4.69) is 25.4 Å². The summed E-state index contributed by atoms with van der Waals surface area (Å²) in [4.78, 5) is 4.61. The van der Waals surface area contributed by atoms with Crippen molar-refractivity contribution < 1.29 is 4.39 Å². The highest BCUT2D eigenvalue weighted by Gasteiger charge is 2.23. The van der Waals surface area contributed by atoms with Crippen molar-refractivity contribution in [1.29, 1.82) is 0 Å². The summed E-state index contributed by atoms with van der Waals surface area (Å²) in [5, 5.41) is 15.7. The normalized spacial score (nSPS) is 14.3. The summed E-state index contributed by atoms with van der Waals surface area (Å²) < 4.78 is 13.6. The van der Waals surface area contributed by atoms with Crippen molar-refractivity contribution in [1.82, 2.24) is 25.4 Å². The minimum Gasteiger partial charge on any atom is -0.277 e. The van der Waals surface area contributed by atoms with Crippen LogP contribution < -0.4 is 0 Å². The number of hydrogen-bond acceptors (Lipinski definition) is 3. The number of rotatable bonds is 4. The molecular weight excluding hydrogens is 317 g/mol. The lowest BCUT2D eigenvalue weighted by Gasteiger charge is -2.00. The summed E-state index contributed by atoms with van der Waals surface area (Å²) in [7, 11) is 0. The standard InChI is InChI=1S/C19H16FN5/c20-14-3-1-2-12(9-14)18-15-10-13(6-7-16(15)22-24-18)19-21-17(23-25-19)8-11-4-5-11/h1-3,6-7,9-11H,4-5,8H2,(H,22,24)(H,21,23,25). The second-order valence-electron chi connectivity index (χ2n) is 6.60. The molecule has 124 valence electrons. The van der Waals surface area contributed by atoms with E-state index in [0.29, 0.717) is 5.82 Å². The number of aromatic amines is 2. The molecule has 0 spiro atoms. The topological polar surface area (TPSA) is 70.2 Å². The molecule has 0 atom stereocenters. The van der Waals surface area contributed by atoms with Gasteiger partial charge in [-0.25, -0.2) is 9.37 Å². The van der Waals surface area contributed by atoms with Crippen LogP contribution in [-0.2, 0) is 6.42 Å². The van der Waals surface area contributed by atoms with E-state index in [-0.39, 0.29) is 5.82 Å². The van der Waals surface area contributed by atoms with Crippen molar-refractivity contribution in [3.05, 3.63) is 54.1 Å². The van der Waals surface area contributed by atoms with E-state index in [1.165, 1.54) is 25.0 Å². The number of hydrogen-bond donors (Lipinski definition) is 2. The SMILES string of the molecule is Fc1cccc(-c2n[nH]c3ccc(-c4n[nH]c(CC5CC5)n4)cc23)c1. The molecule has 5 nitrogen and oxygen atoms in total. The number of halogens is 1. The van der Waals surface area contributed by atoms with Gasteiger partial charge in [0.25, 0.3) is 0 Å². The molecule has 0 radical (unpaired) electrons. The molecule has 2 aromatic heterocycles. The van der Waals surface area contributed by atoms with Gasteiger partial charge in [-0.2, -0.15) is 10.2 Å². The Morgan fingerprint density at radius 3 is 2.76 bits per heavy atom. The molecule has 0 bridgehead atoms. The Morgan fingerprint density at radius 1 is 1.00 bits per heavy atom. The lowest BCUT2D eigenvalue weighted by molar-refractivity contribution is 0.628. The van der Waals surface area contributed by atoms with Gasteiger partial charge < -0.3 is 0 Å². The molecule has 4 aromatic rings. The third-order valence-corrected chi connectivity index (χ3v) is 4.63. The molecule has 2 aromatic carbocycles. The maximum absolute atomic E-state index is 13.6. The van der Waals surface area contributed by atoms with Gasteiger partial charge >= 0.3 is 0 Å². The van der Waals surface area contributed by atoms with E-state index in [1.54, 1.807) is 6.07 Å². The van der Waals surface area contributed by atoms with Crippen LogP contribution in [0.3, 0.4) is 0 Å². The van der Waals surface area contributed by atoms with E-state index in [1.807, 2.05) is 24.3 Å². The van der Waals surface area contributed by atoms with Crippen molar-refractivity contribution in [3.63, 3.8) is 0 Å². The summed E-state index contributed by atoms with van der Waals surface area (Å²) in [6.07, 6.45) is 3.54. The van der Waals surface area contributed by atoms with Gasteiger partial charge in [0.1, 0.15) is 17.3 Å². The molecule has 0 amide bonds. The molecule has 2 N–H and O–H groups in total. The summed E-state index contributed by atoms with van der Waals surface area (Å²) in [6, 6.07) is 12.4. The van der Waals surface area contributed by atoms with Gasteiger partial charge in [0, 0.05) is 22.9 Å². The highest BCUT2D eigenvalue weighted by atomic mass is 19.1. The second kappa shape index (κ2) is 5.51. The molecular formula is C19H16FN5. The lowest BCUT2D eigenvalue weighted by Crippen LogP contribution is -1.89. The van der Waals surface area contributed by atoms with Gasteiger partial charge in [0.2, 0.25) is 0 Å². The Kier molecular flexibility index (Phi) is 3.16. The van der Waals surface area contributed by atoms with Crippen LogP contribution in [0.25, 0.3) is 33.5 Å². The number of nitrogens with zero attached hydrogens (tertiary/aromatic N) is 3. The highest BCUT2D eigenvalue weighted by Crippen LogP contribution is 2.33. The Balaban J connectivity index is 1.56. The average molecular weight is 333 g/mol. The predicted octanol–water partition coefficient (Wildman–Crippen LogP) is 4.11. The second-order valence-corrected chi connectivity index (χ2v) is 6.60. The minimum absolute atomic E-state index is 0.275. The third-order valence-electron chi connectivity index (χ3n) is 4.63. The molecule has 2 heterocycles. The fourth-order valence-electron chi connectivity index (χ4n) is 3.12. The van der Waals surface area contributed by atoms with Gasteiger partial charge in [-0.1, -0.05) is 12.1 Å². The number of H-pyrrole nitrogens is 2. The maximum Gasteiger partial charge on any atom is 0.181 e. The van der Waals surface area contributed by atoms with Crippen molar-refractivity contribution in [2.45, 2.75) is 19.3 Å². The number of nitrogens with one attached hydrogen (secondary N) is 2. The molecule has 1 fully saturated rings. The van der Waals surface area contributed by atoms with Crippen LogP contribution in [0.5, 0.6) is 0 Å². The molecule has 25 heavy (non-hydrogen) atoms. The first-order chi connectivity index (χ1) is 12.3. The highest BCUT2D eigenvalue weighted by molar-refractivity contribution is 5.95. The zero-order chi connectivity index (χ0) is 16.8. The van der Waals surface area contributed by atoms with Gasteiger partial charge in [-0.3, -0.25) is 10.2 Å². The summed E-state index contributed by atoms with van der Waals surface area (Å²) in [5.41, 5.74) is 3.29. The van der Waals surface area contributed by atoms with E-state index in [4.69, 9.17) is 0 Å². The zero-order valence-corrected chi connectivity index (χ0v) is 13.5. The first-order valence-corrected chi connectivity index (χ1v) is 8.42. The number of fused-ring (bicyclic) bond motifs is 1. The number of benzene rings is 2. The molecule has 0 unspecified atom stereocenters. The van der Waals surface area contributed by atoms with E-state index < -0.39 is 0 Å².